The van der Waals surface area contributed by atoms with Crippen molar-refractivity contribution in [2.45, 2.75) is 330 Å². The lowest BCUT2D eigenvalue weighted by atomic mass is 9.96. The number of nitrogens with zero attached hydrogens (tertiary/aromatic N) is 1. The Morgan fingerprint density at radius 3 is 1.18 bits per heavy atom. The van der Waals surface area contributed by atoms with Crippen LogP contribution in [0.15, 0.2) is 0 Å². The van der Waals surface area contributed by atoms with Crippen molar-refractivity contribution < 1.29 is 106 Å². The van der Waals surface area contributed by atoms with Crippen LogP contribution in [0, 0.1) is 23.7 Å². The van der Waals surface area contributed by atoms with Crippen LogP contribution in [-0.2, 0) is 95.9 Å². The van der Waals surface area contributed by atoms with Gasteiger partial charge in [0.1, 0.15) is 86.6 Å². The van der Waals surface area contributed by atoms with Crippen LogP contribution in [0.25, 0.3) is 0 Å². The van der Waals surface area contributed by atoms with Gasteiger partial charge in [-0.25, -0.2) is 0 Å². The zero-order chi connectivity index (χ0) is 93.3. The fourth-order valence-electron chi connectivity index (χ4n) is 12.1. The Morgan fingerprint density at radius 1 is 0.392 bits per heavy atom. The molecule has 0 aromatic rings. The van der Waals surface area contributed by atoms with E-state index in [0.717, 1.165) is 0 Å². The van der Waals surface area contributed by atoms with Crippen molar-refractivity contribution in [1.82, 2.24) is 95.3 Å². The van der Waals surface area contributed by atoms with Gasteiger partial charge >= 0.3 is 5.97 Å². The second-order valence-corrected chi connectivity index (χ2v) is 36.5. The number of carboxylic acids is 1. The van der Waals surface area contributed by atoms with Crippen LogP contribution in [0.2, 0.25) is 0 Å². The van der Waals surface area contributed by atoms with E-state index < -0.39 is 256 Å². The summed E-state index contributed by atoms with van der Waals surface area (Å²) in [6, 6.07) is -10.0. The summed E-state index contributed by atoms with van der Waals surface area (Å²) in [5, 5.41) is 62.3. The van der Waals surface area contributed by atoms with Crippen LogP contribution in [0.3, 0.4) is 0 Å². The minimum Gasteiger partial charge on any atom is -0.481 e. The molecule has 41 heteroatoms. The molecule has 19 amide bonds. The highest BCUT2D eigenvalue weighted by Crippen LogP contribution is 2.24. The van der Waals surface area contributed by atoms with Crippen LogP contribution >= 0.6 is 0 Å². The van der Waals surface area contributed by atoms with Crippen molar-refractivity contribution in [3.05, 3.63) is 0 Å². The van der Waals surface area contributed by atoms with E-state index in [4.69, 9.17) is 5.73 Å². The van der Waals surface area contributed by atoms with Crippen LogP contribution < -0.4 is 96.1 Å². The molecule has 1 aliphatic rings. The summed E-state index contributed by atoms with van der Waals surface area (Å²) in [4.78, 5) is 270. The number of aliphatic carboxylic acids is 1. The monoisotopic (exact) mass is 1700 g/mol. The first-order valence-corrected chi connectivity index (χ1v) is 40.2. The maximum atomic E-state index is 14.5. The van der Waals surface area contributed by atoms with E-state index in [1.807, 2.05) is 13.8 Å². The first kappa shape index (κ1) is 107. The number of nitrogens with one attached hydrogen (secondary N) is 17. The second-order valence-electron chi connectivity index (χ2n) is 36.5. The number of carboxylic acid groups (broad SMARTS) is 1. The van der Waals surface area contributed by atoms with E-state index in [-0.39, 0.29) is 50.0 Å². The lowest BCUT2D eigenvalue weighted by molar-refractivity contribution is -0.145. The summed E-state index contributed by atoms with van der Waals surface area (Å²) >= 11 is 0. The predicted octanol–water partition coefficient (Wildman–Crippen LogP) is -3.28. The van der Waals surface area contributed by atoms with Gasteiger partial charge in [0.2, 0.25) is 112 Å². The molecule has 680 valence electrons. The Kier molecular flexibility index (Phi) is 40.4. The molecule has 1 saturated heterocycles. The number of rotatable bonds is 48. The maximum absolute atomic E-state index is 14.5. The summed E-state index contributed by atoms with van der Waals surface area (Å²) in [7, 11) is 0. The van der Waals surface area contributed by atoms with E-state index >= 15 is 0 Å². The molecule has 0 spiro atoms. The Labute approximate surface area is 702 Å². The highest BCUT2D eigenvalue weighted by Gasteiger charge is 2.47. The SMILES string of the molecule is CC(=O)NC(C)(C)C(=O)NCC(=O)N[C@@H](C)C(=O)NC(C)(C)C(=O)NC(C)(C)C(=O)N[C@@H](CCC(N)=O)C(=O)NC(C)(C)C(=O)N[C@H](C(=O)NC(C)(C)C(=O)NCC(=O)N[C@@H](CC(C)C)C(=O)NC(C)(C)C(=O)N1CCC[C@H]1C(=O)N[C@@H](CC(C)C)C(=O)NC(C)(C)C(=O)NC(C)(C)C(=O)N[C@@H](CCC(=O)O)C(=O)N[C@H](CO)CC(C)C)C(C)C. The summed E-state index contributed by atoms with van der Waals surface area (Å²) in [6.45, 7) is 36.1. The average molecular weight is 1710 g/mol. The molecule has 0 radical (unpaired) electrons. The number of hydrogen-bond donors (Lipinski definition) is 20. The molecule has 21 N–H and O–H groups in total. The van der Waals surface area contributed by atoms with Gasteiger partial charge in [0.25, 0.3) is 0 Å². The van der Waals surface area contributed by atoms with Crippen LogP contribution in [0.1, 0.15) is 238 Å². The molecule has 1 fully saturated rings. The van der Waals surface area contributed by atoms with Gasteiger partial charge in [0.15, 0.2) is 0 Å². The highest BCUT2D eigenvalue weighted by atomic mass is 16.4. The molecule has 1 heterocycles. The molecule has 0 unspecified atom stereocenters. The lowest BCUT2D eigenvalue weighted by Gasteiger charge is -2.35. The molecule has 120 heavy (non-hydrogen) atoms. The fraction of sp³-hybridized carbons (Fsp3) is 0.747. The van der Waals surface area contributed by atoms with Crippen molar-refractivity contribution in [2.75, 3.05) is 26.2 Å². The number of nitrogens with two attached hydrogens (primary N) is 1. The van der Waals surface area contributed by atoms with Gasteiger partial charge in [-0.3, -0.25) is 95.9 Å². The standard InChI is InChI=1S/C79H137N19O22/c1-40(2)34-46(39-99)84-58(107)47(30-32-55(104)105)87-66(115)75(17,18)97-70(119)78(23,24)93-61(110)50(36-42(5)6)86-62(111)51-28-27-33-98(51)71(120)79(25,26)94-60(109)49(35-41(3)4)85-54(103)38-82-65(114)73(13,14)95-63(112)56(43(7)8)89-68(117)74(15,16)92-59(108)48(29-31-52(80)101)88-67(116)76(19,20)96-69(118)77(21,22)91-57(106)44(9)83-53(102)37-81-64(113)72(11,12)90-45(10)100/h40-44,46-51,56,99H,27-39H2,1-26H3,(H2,80,101)(H,81,113)(H,82,114)(H,83,102)(H,84,107)(H,85,103)(H,86,111)(H,87,115)(H,88,116)(H,89,117)(H,90,100)(H,91,106)(H,92,108)(H,93,110)(H,94,109)(H,95,112)(H,96,118)(H,97,119)(H,104,105)/t44-,46-,47-,48-,49-,50-,51-,56-/m0/s1. The number of aliphatic hydroxyl groups excluding tert-OH is 1. The molecule has 0 aromatic carbocycles. The van der Waals surface area contributed by atoms with Gasteiger partial charge in [0, 0.05) is 26.3 Å². The third kappa shape index (κ3) is 35.3. The van der Waals surface area contributed by atoms with Gasteiger partial charge in [-0.1, -0.05) is 55.4 Å². The molecule has 0 bridgehead atoms. The number of likely N-dealkylation sites (tertiary alicyclic amines) is 1. The van der Waals surface area contributed by atoms with Gasteiger partial charge in [0.05, 0.1) is 25.7 Å². The Hall–Kier alpha value is -10.6. The van der Waals surface area contributed by atoms with Gasteiger partial charge < -0.3 is 111 Å². The number of amides is 19. The number of carbonyl (C=O) groups is 20. The maximum Gasteiger partial charge on any atom is 0.303 e. The number of aliphatic hydroxyl groups is 1. The third-order valence-corrected chi connectivity index (χ3v) is 19.3. The van der Waals surface area contributed by atoms with Crippen LogP contribution in [0.5, 0.6) is 0 Å². The fourth-order valence-corrected chi connectivity index (χ4v) is 12.1. The van der Waals surface area contributed by atoms with E-state index in [1.54, 1.807) is 41.5 Å². The summed E-state index contributed by atoms with van der Waals surface area (Å²) in [5.74, 6) is -18.0. The summed E-state index contributed by atoms with van der Waals surface area (Å²) < 4.78 is 0. The largest absolute Gasteiger partial charge is 0.481 e. The van der Waals surface area contributed by atoms with Crippen molar-refractivity contribution in [2.24, 2.45) is 29.4 Å². The van der Waals surface area contributed by atoms with Crippen molar-refractivity contribution >= 4 is 118 Å². The quantitative estimate of drug-likeness (QED) is 0.0284. The van der Waals surface area contributed by atoms with Crippen molar-refractivity contribution in [1.29, 1.82) is 0 Å². The molecule has 0 aliphatic carbocycles. The molecular formula is C79H137N19O22. The first-order valence-electron chi connectivity index (χ1n) is 40.2. The van der Waals surface area contributed by atoms with E-state index in [0.29, 0.717) is 12.8 Å². The molecular weight excluding hydrogens is 1570 g/mol. The van der Waals surface area contributed by atoms with Gasteiger partial charge in [-0.15, -0.1) is 0 Å². The minimum absolute atomic E-state index is 0.0302. The molecule has 8 atom stereocenters. The smallest absolute Gasteiger partial charge is 0.303 e. The number of hydrogen-bond acceptors (Lipinski definition) is 21. The van der Waals surface area contributed by atoms with Crippen molar-refractivity contribution in [3.63, 3.8) is 0 Å². The third-order valence-electron chi connectivity index (χ3n) is 19.3. The molecule has 1 aliphatic heterocycles. The Morgan fingerprint density at radius 2 is 0.758 bits per heavy atom. The number of carbonyl (C=O) groups excluding carboxylic acids is 19. The van der Waals surface area contributed by atoms with Crippen LogP contribution in [-0.4, -0.2) is 252 Å². The Balaban J connectivity index is 3.19. The first-order chi connectivity index (χ1) is 54.6. The molecule has 41 nitrogen and oxygen atoms in total. The van der Waals surface area contributed by atoms with E-state index in [2.05, 4.69) is 90.4 Å². The molecule has 0 aromatic heterocycles. The predicted molar refractivity (Wildman–Crippen MR) is 439 cm³/mol. The number of primary amides is 1. The van der Waals surface area contributed by atoms with Crippen molar-refractivity contribution in [3.8, 4) is 0 Å². The zero-order valence-corrected chi connectivity index (χ0v) is 74.7. The van der Waals surface area contributed by atoms with Gasteiger partial charge in [-0.2, -0.15) is 0 Å². The summed E-state index contributed by atoms with van der Waals surface area (Å²) in [6.07, 6.45) is -0.727. The average Bonchev–Trinajstić information content (AvgIpc) is 1.55. The Bertz CT molecular complexity index is 3770. The zero-order valence-electron chi connectivity index (χ0n) is 74.7. The normalized spacial score (nSPS) is 15.2. The minimum atomic E-state index is -1.89. The molecule has 1 rings (SSSR count). The summed E-state index contributed by atoms with van der Waals surface area (Å²) in [5.41, 5.74) is -8.52. The lowest BCUT2D eigenvalue weighted by Crippen LogP contribution is -2.66. The van der Waals surface area contributed by atoms with Gasteiger partial charge in [-0.05, 0) is 186 Å². The van der Waals surface area contributed by atoms with E-state index in [9.17, 15) is 106 Å². The van der Waals surface area contributed by atoms with Crippen LogP contribution in [0.4, 0.5) is 0 Å². The second kappa shape index (κ2) is 45.1. The highest BCUT2D eigenvalue weighted by molar-refractivity contribution is 6.04. The molecule has 0 saturated carbocycles. The topological polar surface area (TPSA) is 616 Å². The van der Waals surface area contributed by atoms with E-state index in [1.165, 1.54) is 130 Å².